The number of carbonyl (C=O) groups excluding carboxylic acids is 1. The Morgan fingerprint density at radius 1 is 1.56 bits per heavy atom. The zero-order chi connectivity index (χ0) is 6.32. The van der Waals surface area contributed by atoms with Crippen molar-refractivity contribution in [1.29, 1.82) is 0 Å². The van der Waals surface area contributed by atoms with Crippen molar-refractivity contribution in [3.05, 3.63) is 0 Å². The van der Waals surface area contributed by atoms with Crippen molar-refractivity contribution in [3.63, 3.8) is 0 Å². The van der Waals surface area contributed by atoms with Crippen LogP contribution in [-0.2, 0) is 4.79 Å². The minimum absolute atomic E-state index is 0.266. The zero-order valence-corrected chi connectivity index (χ0v) is 5.26. The van der Waals surface area contributed by atoms with Gasteiger partial charge in [0.15, 0.2) is 0 Å². The molecule has 2 aliphatic heterocycles. The Hall–Kier alpha value is -0.570. The van der Waals surface area contributed by atoms with Crippen molar-refractivity contribution in [2.45, 2.75) is 12.0 Å². The van der Waals surface area contributed by atoms with Gasteiger partial charge in [-0.05, 0) is 6.42 Å². The maximum Gasteiger partial charge on any atom is 0.210 e. The van der Waals surface area contributed by atoms with Gasteiger partial charge in [0.05, 0.1) is 5.54 Å². The first kappa shape index (κ1) is 5.23. The van der Waals surface area contributed by atoms with E-state index in [1.165, 1.54) is 6.42 Å². The van der Waals surface area contributed by atoms with Crippen molar-refractivity contribution in [1.82, 2.24) is 10.2 Å². The lowest BCUT2D eigenvalue weighted by molar-refractivity contribution is -0.137. The van der Waals surface area contributed by atoms with Gasteiger partial charge in [0.25, 0.3) is 0 Å². The summed E-state index contributed by atoms with van der Waals surface area (Å²) in [7, 11) is 0. The molecule has 0 aromatic carbocycles. The van der Waals surface area contributed by atoms with E-state index in [9.17, 15) is 4.79 Å². The summed E-state index contributed by atoms with van der Waals surface area (Å²) in [6, 6.07) is 0. The summed E-state index contributed by atoms with van der Waals surface area (Å²) < 4.78 is 0. The molecule has 3 nitrogen and oxygen atoms in total. The standard InChI is InChI=1S/C6H10N2O/c9-5-8-2-1-6(8)3-7-4-6/h5,7H,1-4H2. The van der Waals surface area contributed by atoms with Crippen LogP contribution in [0.1, 0.15) is 6.42 Å². The quantitative estimate of drug-likeness (QED) is 0.466. The van der Waals surface area contributed by atoms with Gasteiger partial charge >= 0.3 is 0 Å². The molecular formula is C6H10N2O. The van der Waals surface area contributed by atoms with E-state index < -0.39 is 0 Å². The fraction of sp³-hybridized carbons (Fsp3) is 0.833. The molecule has 0 aromatic rings. The molecule has 2 aliphatic rings. The third-order valence-corrected chi connectivity index (χ3v) is 2.46. The highest BCUT2D eigenvalue weighted by molar-refractivity contribution is 5.52. The van der Waals surface area contributed by atoms with Gasteiger partial charge in [-0.3, -0.25) is 4.79 Å². The highest BCUT2D eigenvalue weighted by Crippen LogP contribution is 2.31. The highest BCUT2D eigenvalue weighted by Gasteiger charge is 2.48. The average Bonchev–Trinajstić information content (AvgIpc) is 1.59. The van der Waals surface area contributed by atoms with Gasteiger partial charge in [-0.2, -0.15) is 0 Å². The van der Waals surface area contributed by atoms with Crippen LogP contribution < -0.4 is 5.32 Å². The monoisotopic (exact) mass is 126 g/mol. The van der Waals surface area contributed by atoms with Gasteiger partial charge in [0, 0.05) is 19.6 Å². The van der Waals surface area contributed by atoms with Gasteiger partial charge < -0.3 is 10.2 Å². The Labute approximate surface area is 54.0 Å². The van der Waals surface area contributed by atoms with E-state index in [-0.39, 0.29) is 5.54 Å². The molecule has 0 unspecified atom stereocenters. The van der Waals surface area contributed by atoms with Gasteiger partial charge in [-0.15, -0.1) is 0 Å². The van der Waals surface area contributed by atoms with E-state index in [0.29, 0.717) is 0 Å². The predicted molar refractivity (Wildman–Crippen MR) is 33.0 cm³/mol. The second kappa shape index (κ2) is 1.48. The van der Waals surface area contributed by atoms with Gasteiger partial charge in [0.1, 0.15) is 0 Å². The molecule has 1 N–H and O–H groups in total. The molecule has 0 aromatic heterocycles. The van der Waals surface area contributed by atoms with Crippen molar-refractivity contribution in [2.24, 2.45) is 0 Å². The largest absolute Gasteiger partial charge is 0.337 e. The third-order valence-electron chi connectivity index (χ3n) is 2.46. The van der Waals surface area contributed by atoms with E-state index in [1.54, 1.807) is 0 Å². The van der Waals surface area contributed by atoms with E-state index in [4.69, 9.17) is 0 Å². The fourth-order valence-electron chi connectivity index (χ4n) is 1.52. The molecule has 50 valence electrons. The van der Waals surface area contributed by atoms with Gasteiger partial charge in [0.2, 0.25) is 6.41 Å². The van der Waals surface area contributed by atoms with E-state index in [0.717, 1.165) is 26.0 Å². The molecule has 1 spiro atoms. The Morgan fingerprint density at radius 2 is 2.33 bits per heavy atom. The molecule has 1 amide bonds. The van der Waals surface area contributed by atoms with Crippen molar-refractivity contribution in [3.8, 4) is 0 Å². The summed E-state index contributed by atoms with van der Waals surface area (Å²) in [5.41, 5.74) is 0.266. The van der Waals surface area contributed by atoms with Crippen molar-refractivity contribution in [2.75, 3.05) is 19.6 Å². The fourth-order valence-corrected chi connectivity index (χ4v) is 1.52. The first-order valence-electron chi connectivity index (χ1n) is 3.30. The lowest BCUT2D eigenvalue weighted by Gasteiger charge is -2.57. The number of nitrogens with zero attached hydrogens (tertiary/aromatic N) is 1. The van der Waals surface area contributed by atoms with Crippen LogP contribution in [-0.4, -0.2) is 36.5 Å². The summed E-state index contributed by atoms with van der Waals surface area (Å²) in [5.74, 6) is 0. The Balaban J connectivity index is 2.04. The lowest BCUT2D eigenvalue weighted by Crippen LogP contribution is -2.75. The Bertz CT molecular complexity index is 136. The molecule has 3 heteroatoms. The number of likely N-dealkylation sites (tertiary alicyclic amines) is 1. The summed E-state index contributed by atoms with van der Waals surface area (Å²) >= 11 is 0. The molecule has 2 fully saturated rings. The van der Waals surface area contributed by atoms with Crippen LogP contribution in [0.4, 0.5) is 0 Å². The molecule has 0 saturated carbocycles. The van der Waals surface area contributed by atoms with E-state index in [1.807, 2.05) is 4.90 Å². The third kappa shape index (κ3) is 0.477. The van der Waals surface area contributed by atoms with Crippen LogP contribution in [0.25, 0.3) is 0 Å². The number of nitrogens with one attached hydrogen (secondary N) is 1. The number of hydrogen-bond acceptors (Lipinski definition) is 2. The minimum Gasteiger partial charge on any atom is -0.337 e. The Kier molecular flexibility index (Phi) is 0.858. The Morgan fingerprint density at radius 3 is 2.44 bits per heavy atom. The molecule has 0 radical (unpaired) electrons. The van der Waals surface area contributed by atoms with Crippen LogP contribution in [0, 0.1) is 0 Å². The molecule has 0 bridgehead atoms. The molecule has 2 heterocycles. The highest BCUT2D eigenvalue weighted by atomic mass is 16.1. The first-order chi connectivity index (χ1) is 4.37. The van der Waals surface area contributed by atoms with Crippen molar-refractivity contribution < 1.29 is 4.79 Å². The molecule has 9 heavy (non-hydrogen) atoms. The molecule has 0 atom stereocenters. The van der Waals surface area contributed by atoms with Crippen LogP contribution >= 0.6 is 0 Å². The van der Waals surface area contributed by atoms with Crippen LogP contribution in [0.3, 0.4) is 0 Å². The van der Waals surface area contributed by atoms with E-state index in [2.05, 4.69) is 5.32 Å². The van der Waals surface area contributed by atoms with Crippen LogP contribution in [0.2, 0.25) is 0 Å². The normalized spacial score (nSPS) is 29.1. The number of rotatable bonds is 1. The molecule has 0 aliphatic carbocycles. The summed E-state index contributed by atoms with van der Waals surface area (Å²) in [5, 5.41) is 3.17. The molecule has 2 saturated heterocycles. The number of amides is 1. The summed E-state index contributed by atoms with van der Waals surface area (Å²) in [6.45, 7) is 2.97. The summed E-state index contributed by atoms with van der Waals surface area (Å²) in [6.07, 6.45) is 2.16. The van der Waals surface area contributed by atoms with Gasteiger partial charge in [-0.25, -0.2) is 0 Å². The first-order valence-corrected chi connectivity index (χ1v) is 3.30. The van der Waals surface area contributed by atoms with Crippen molar-refractivity contribution >= 4 is 6.41 Å². The average molecular weight is 126 g/mol. The maximum atomic E-state index is 10.3. The number of carbonyl (C=O) groups is 1. The second-order valence-electron chi connectivity index (χ2n) is 2.88. The molecule has 2 rings (SSSR count). The minimum atomic E-state index is 0.266. The zero-order valence-electron chi connectivity index (χ0n) is 5.26. The van der Waals surface area contributed by atoms with Crippen LogP contribution in [0.15, 0.2) is 0 Å². The topological polar surface area (TPSA) is 32.3 Å². The maximum absolute atomic E-state index is 10.3. The SMILES string of the molecule is O=CN1CCC12CNC2. The van der Waals surface area contributed by atoms with Gasteiger partial charge in [-0.1, -0.05) is 0 Å². The smallest absolute Gasteiger partial charge is 0.210 e. The summed E-state index contributed by atoms with van der Waals surface area (Å²) in [4.78, 5) is 12.2. The molecular weight excluding hydrogens is 116 g/mol. The van der Waals surface area contributed by atoms with E-state index >= 15 is 0 Å². The number of hydrogen-bond donors (Lipinski definition) is 1. The predicted octanol–water partition coefficient (Wildman–Crippen LogP) is -0.809. The lowest BCUT2D eigenvalue weighted by atomic mass is 9.80. The second-order valence-corrected chi connectivity index (χ2v) is 2.88. The van der Waals surface area contributed by atoms with Crippen LogP contribution in [0.5, 0.6) is 0 Å².